The SMILES string of the molecule is ClCCCOc1cccnc1Oc1ccccc1. The molecule has 1 aromatic carbocycles. The van der Waals surface area contributed by atoms with E-state index in [-0.39, 0.29) is 0 Å². The summed E-state index contributed by atoms with van der Waals surface area (Å²) >= 11 is 5.61. The van der Waals surface area contributed by atoms with E-state index in [9.17, 15) is 0 Å². The van der Waals surface area contributed by atoms with E-state index in [4.69, 9.17) is 21.1 Å². The fraction of sp³-hybridized carbons (Fsp3) is 0.214. The highest BCUT2D eigenvalue weighted by Crippen LogP contribution is 2.28. The van der Waals surface area contributed by atoms with Crippen molar-refractivity contribution in [1.29, 1.82) is 0 Å². The molecule has 1 aromatic heterocycles. The van der Waals surface area contributed by atoms with Crippen molar-refractivity contribution in [3.8, 4) is 17.4 Å². The van der Waals surface area contributed by atoms with Crippen molar-refractivity contribution >= 4 is 11.6 Å². The summed E-state index contributed by atoms with van der Waals surface area (Å²) in [6.07, 6.45) is 2.47. The Morgan fingerprint density at radius 3 is 2.67 bits per heavy atom. The van der Waals surface area contributed by atoms with E-state index in [1.165, 1.54) is 0 Å². The van der Waals surface area contributed by atoms with Gasteiger partial charge in [-0.2, -0.15) is 0 Å². The van der Waals surface area contributed by atoms with Gasteiger partial charge in [-0.25, -0.2) is 4.98 Å². The Bertz CT molecular complexity index is 476. The first-order valence-corrected chi connectivity index (χ1v) is 6.30. The van der Waals surface area contributed by atoms with Crippen LogP contribution in [-0.2, 0) is 0 Å². The second kappa shape index (κ2) is 6.87. The maximum absolute atomic E-state index is 5.67. The van der Waals surface area contributed by atoms with E-state index < -0.39 is 0 Å². The molecule has 2 rings (SSSR count). The number of para-hydroxylation sites is 1. The van der Waals surface area contributed by atoms with E-state index in [1.807, 2.05) is 42.5 Å². The Labute approximate surface area is 111 Å². The first-order chi connectivity index (χ1) is 8.90. The van der Waals surface area contributed by atoms with Crippen LogP contribution in [0.3, 0.4) is 0 Å². The van der Waals surface area contributed by atoms with Crippen molar-refractivity contribution in [2.75, 3.05) is 12.5 Å². The number of rotatable bonds is 6. The lowest BCUT2D eigenvalue weighted by Gasteiger charge is -2.10. The van der Waals surface area contributed by atoms with Crippen molar-refractivity contribution in [1.82, 2.24) is 4.98 Å². The van der Waals surface area contributed by atoms with Gasteiger partial charge in [0.25, 0.3) is 5.88 Å². The monoisotopic (exact) mass is 263 g/mol. The van der Waals surface area contributed by atoms with Crippen LogP contribution in [-0.4, -0.2) is 17.5 Å². The van der Waals surface area contributed by atoms with Crippen LogP contribution in [0.4, 0.5) is 0 Å². The molecule has 18 heavy (non-hydrogen) atoms. The molecular formula is C14H14ClNO2. The smallest absolute Gasteiger partial charge is 0.262 e. The van der Waals surface area contributed by atoms with Crippen LogP contribution in [0.2, 0.25) is 0 Å². The molecule has 0 fully saturated rings. The van der Waals surface area contributed by atoms with Crippen molar-refractivity contribution in [2.24, 2.45) is 0 Å². The van der Waals surface area contributed by atoms with Gasteiger partial charge in [0.15, 0.2) is 5.75 Å². The predicted octanol–water partition coefficient (Wildman–Crippen LogP) is 3.88. The number of aromatic nitrogens is 1. The normalized spacial score (nSPS) is 10.1. The maximum atomic E-state index is 5.67. The van der Waals surface area contributed by atoms with Gasteiger partial charge in [0.2, 0.25) is 0 Å². The average molecular weight is 264 g/mol. The zero-order valence-corrected chi connectivity index (χ0v) is 10.6. The highest BCUT2D eigenvalue weighted by Gasteiger charge is 2.06. The quantitative estimate of drug-likeness (QED) is 0.585. The van der Waals surface area contributed by atoms with Crippen LogP contribution < -0.4 is 9.47 Å². The summed E-state index contributed by atoms with van der Waals surface area (Å²) in [7, 11) is 0. The Balaban J connectivity index is 2.07. The van der Waals surface area contributed by atoms with E-state index >= 15 is 0 Å². The standard InChI is InChI=1S/C14H14ClNO2/c15-9-5-11-17-13-8-4-10-16-14(13)18-12-6-2-1-3-7-12/h1-4,6-8,10H,5,9,11H2. The summed E-state index contributed by atoms with van der Waals surface area (Å²) in [6.45, 7) is 0.556. The molecule has 0 aliphatic heterocycles. The van der Waals surface area contributed by atoms with Gasteiger partial charge in [-0.3, -0.25) is 0 Å². The largest absolute Gasteiger partial charge is 0.488 e. The van der Waals surface area contributed by atoms with Crippen LogP contribution in [0.1, 0.15) is 6.42 Å². The molecule has 0 radical (unpaired) electrons. The molecule has 1 heterocycles. The van der Waals surface area contributed by atoms with Crippen LogP contribution in [0.5, 0.6) is 17.4 Å². The molecular weight excluding hydrogens is 250 g/mol. The molecule has 0 saturated heterocycles. The number of ether oxygens (including phenoxy) is 2. The summed E-state index contributed by atoms with van der Waals surface area (Å²) in [6, 6.07) is 13.1. The van der Waals surface area contributed by atoms with Gasteiger partial charge in [-0.15, -0.1) is 11.6 Å². The summed E-state index contributed by atoms with van der Waals surface area (Å²) in [4.78, 5) is 4.17. The van der Waals surface area contributed by atoms with Gasteiger partial charge in [0.05, 0.1) is 6.61 Å². The van der Waals surface area contributed by atoms with E-state index in [0.29, 0.717) is 24.1 Å². The second-order valence-corrected chi connectivity index (χ2v) is 3.99. The third-order valence-electron chi connectivity index (χ3n) is 2.23. The molecule has 0 N–H and O–H groups in total. The van der Waals surface area contributed by atoms with Crippen molar-refractivity contribution in [3.63, 3.8) is 0 Å². The summed E-state index contributed by atoms with van der Waals surface area (Å²) in [5.74, 6) is 2.41. The summed E-state index contributed by atoms with van der Waals surface area (Å²) in [5, 5.41) is 0. The van der Waals surface area contributed by atoms with Gasteiger partial charge in [0, 0.05) is 12.1 Å². The summed E-state index contributed by atoms with van der Waals surface area (Å²) < 4.78 is 11.2. The Morgan fingerprint density at radius 2 is 1.89 bits per heavy atom. The maximum Gasteiger partial charge on any atom is 0.262 e. The van der Waals surface area contributed by atoms with E-state index in [2.05, 4.69) is 4.98 Å². The fourth-order valence-electron chi connectivity index (χ4n) is 1.40. The van der Waals surface area contributed by atoms with Gasteiger partial charge in [-0.05, 0) is 30.7 Å². The van der Waals surface area contributed by atoms with Crippen LogP contribution in [0.25, 0.3) is 0 Å². The number of hydrogen-bond acceptors (Lipinski definition) is 3. The molecule has 94 valence electrons. The highest BCUT2D eigenvalue weighted by molar-refractivity contribution is 6.17. The first-order valence-electron chi connectivity index (χ1n) is 5.77. The van der Waals surface area contributed by atoms with E-state index in [0.717, 1.165) is 12.2 Å². The lowest BCUT2D eigenvalue weighted by Crippen LogP contribution is -2.00. The number of benzene rings is 1. The predicted molar refractivity (Wildman–Crippen MR) is 71.6 cm³/mol. The zero-order chi connectivity index (χ0) is 12.6. The zero-order valence-electron chi connectivity index (χ0n) is 9.88. The second-order valence-electron chi connectivity index (χ2n) is 3.61. The van der Waals surface area contributed by atoms with Crippen LogP contribution >= 0.6 is 11.6 Å². The minimum atomic E-state index is 0.471. The molecule has 0 aliphatic carbocycles. The highest BCUT2D eigenvalue weighted by atomic mass is 35.5. The number of halogens is 1. The molecule has 0 amide bonds. The molecule has 0 saturated carbocycles. The molecule has 4 heteroatoms. The van der Waals surface area contributed by atoms with E-state index in [1.54, 1.807) is 6.20 Å². The van der Waals surface area contributed by atoms with Crippen molar-refractivity contribution in [3.05, 3.63) is 48.7 Å². The minimum Gasteiger partial charge on any atom is -0.488 e. The van der Waals surface area contributed by atoms with Gasteiger partial charge in [0.1, 0.15) is 5.75 Å². The molecule has 2 aromatic rings. The topological polar surface area (TPSA) is 31.4 Å². The summed E-state index contributed by atoms with van der Waals surface area (Å²) in [5.41, 5.74) is 0. The van der Waals surface area contributed by atoms with Crippen molar-refractivity contribution in [2.45, 2.75) is 6.42 Å². The minimum absolute atomic E-state index is 0.471. The molecule has 0 unspecified atom stereocenters. The number of hydrogen-bond donors (Lipinski definition) is 0. The lowest BCUT2D eigenvalue weighted by atomic mass is 10.3. The Kier molecular flexibility index (Phi) is 4.85. The lowest BCUT2D eigenvalue weighted by molar-refractivity contribution is 0.298. The molecule has 0 atom stereocenters. The number of alkyl halides is 1. The first kappa shape index (κ1) is 12.7. The molecule has 0 spiro atoms. The Hall–Kier alpha value is -1.74. The van der Waals surface area contributed by atoms with Crippen LogP contribution in [0, 0.1) is 0 Å². The number of nitrogens with zero attached hydrogens (tertiary/aromatic N) is 1. The molecule has 3 nitrogen and oxygen atoms in total. The fourth-order valence-corrected chi connectivity index (χ4v) is 1.51. The van der Waals surface area contributed by atoms with Gasteiger partial charge >= 0.3 is 0 Å². The third-order valence-corrected chi connectivity index (χ3v) is 2.50. The van der Waals surface area contributed by atoms with Gasteiger partial charge in [-0.1, -0.05) is 18.2 Å². The third kappa shape index (κ3) is 3.64. The Morgan fingerprint density at radius 1 is 1.06 bits per heavy atom. The number of pyridine rings is 1. The molecule has 0 bridgehead atoms. The van der Waals surface area contributed by atoms with Gasteiger partial charge < -0.3 is 9.47 Å². The molecule has 0 aliphatic rings. The average Bonchev–Trinajstić information content (AvgIpc) is 2.42. The van der Waals surface area contributed by atoms with Crippen LogP contribution in [0.15, 0.2) is 48.7 Å². The van der Waals surface area contributed by atoms with Crippen molar-refractivity contribution < 1.29 is 9.47 Å².